The van der Waals surface area contributed by atoms with Crippen molar-refractivity contribution >= 4 is 22.9 Å². The third kappa shape index (κ3) is 3.56. The third-order valence-corrected chi connectivity index (χ3v) is 4.87. The van der Waals surface area contributed by atoms with Gasteiger partial charge in [0.25, 0.3) is 0 Å². The van der Waals surface area contributed by atoms with E-state index in [0.29, 0.717) is 0 Å². The molecule has 0 unspecified atom stereocenters. The summed E-state index contributed by atoms with van der Waals surface area (Å²) >= 11 is 1.79. The number of hydrogen-bond acceptors (Lipinski definition) is 4. The molecule has 1 atom stereocenters. The Morgan fingerprint density at radius 3 is 2.55 bits per heavy atom. The molecule has 5 nitrogen and oxygen atoms in total. The van der Waals surface area contributed by atoms with E-state index >= 15 is 0 Å². The number of aromatic nitrogens is 2. The summed E-state index contributed by atoms with van der Waals surface area (Å²) in [6, 6.07) is 2.34. The number of carbonyl (C=O) groups is 1. The van der Waals surface area contributed by atoms with Crippen molar-refractivity contribution in [2.24, 2.45) is 7.05 Å². The first-order valence-corrected chi connectivity index (χ1v) is 8.21. The lowest BCUT2D eigenvalue weighted by Crippen LogP contribution is -2.30. The minimum atomic E-state index is -0.0457. The monoisotopic (exact) mass is 320 g/mol. The summed E-state index contributed by atoms with van der Waals surface area (Å²) in [6.07, 6.45) is 0. The molecule has 1 amide bonds. The summed E-state index contributed by atoms with van der Waals surface area (Å²) in [4.78, 5) is 14.7. The SMILES string of the molecule is Cc1cc([C@H](C)NCC(=O)Nc2c(C)nn(C)c2C)c(C)s1. The Kier molecular flexibility index (Phi) is 5.03. The minimum Gasteiger partial charge on any atom is -0.322 e. The van der Waals surface area contributed by atoms with Crippen LogP contribution in [0.5, 0.6) is 0 Å². The van der Waals surface area contributed by atoms with Gasteiger partial charge in [-0.25, -0.2) is 0 Å². The van der Waals surface area contributed by atoms with Crippen molar-refractivity contribution in [3.05, 3.63) is 32.8 Å². The van der Waals surface area contributed by atoms with E-state index in [-0.39, 0.29) is 18.5 Å². The molecule has 0 saturated heterocycles. The van der Waals surface area contributed by atoms with Crippen molar-refractivity contribution in [3.8, 4) is 0 Å². The average molecular weight is 320 g/mol. The fourth-order valence-electron chi connectivity index (χ4n) is 2.57. The van der Waals surface area contributed by atoms with Crippen LogP contribution in [-0.4, -0.2) is 22.2 Å². The maximum atomic E-state index is 12.1. The Balaban J connectivity index is 1.94. The number of nitrogens with one attached hydrogen (secondary N) is 2. The predicted molar refractivity (Wildman–Crippen MR) is 91.5 cm³/mol. The summed E-state index contributed by atoms with van der Waals surface area (Å²) in [7, 11) is 1.87. The van der Waals surface area contributed by atoms with E-state index < -0.39 is 0 Å². The van der Waals surface area contributed by atoms with Crippen LogP contribution in [0.25, 0.3) is 0 Å². The van der Waals surface area contributed by atoms with Gasteiger partial charge in [0, 0.05) is 22.8 Å². The highest BCUT2D eigenvalue weighted by atomic mass is 32.1. The molecule has 0 aliphatic carbocycles. The maximum absolute atomic E-state index is 12.1. The molecule has 22 heavy (non-hydrogen) atoms. The smallest absolute Gasteiger partial charge is 0.238 e. The number of nitrogens with zero attached hydrogens (tertiary/aromatic N) is 2. The van der Waals surface area contributed by atoms with Crippen molar-refractivity contribution in [1.29, 1.82) is 0 Å². The van der Waals surface area contributed by atoms with Crippen molar-refractivity contribution < 1.29 is 4.79 Å². The minimum absolute atomic E-state index is 0.0457. The van der Waals surface area contributed by atoms with Gasteiger partial charge < -0.3 is 10.6 Å². The maximum Gasteiger partial charge on any atom is 0.238 e. The number of anilines is 1. The molecule has 2 rings (SSSR count). The molecule has 6 heteroatoms. The van der Waals surface area contributed by atoms with Crippen molar-refractivity contribution in [2.45, 2.75) is 40.7 Å². The highest BCUT2D eigenvalue weighted by Crippen LogP contribution is 2.26. The largest absolute Gasteiger partial charge is 0.322 e. The quantitative estimate of drug-likeness (QED) is 0.890. The molecule has 2 aromatic rings. The van der Waals surface area contributed by atoms with Crippen LogP contribution in [0, 0.1) is 27.7 Å². The Hall–Kier alpha value is -1.66. The van der Waals surface area contributed by atoms with Crippen molar-refractivity contribution in [3.63, 3.8) is 0 Å². The number of aryl methyl sites for hydroxylation is 4. The van der Waals surface area contributed by atoms with Gasteiger partial charge in [-0.1, -0.05) is 0 Å². The summed E-state index contributed by atoms with van der Waals surface area (Å²) in [6.45, 7) is 10.4. The zero-order chi connectivity index (χ0) is 16.4. The highest BCUT2D eigenvalue weighted by molar-refractivity contribution is 7.12. The van der Waals surface area contributed by atoms with Crippen LogP contribution >= 0.6 is 11.3 Å². The van der Waals surface area contributed by atoms with Gasteiger partial charge in [0.15, 0.2) is 0 Å². The lowest BCUT2D eigenvalue weighted by atomic mass is 10.1. The van der Waals surface area contributed by atoms with Crippen molar-refractivity contribution in [1.82, 2.24) is 15.1 Å². The predicted octanol–water partition coefficient (Wildman–Crippen LogP) is 3.00. The van der Waals surface area contributed by atoms with Crippen LogP contribution in [-0.2, 0) is 11.8 Å². The summed E-state index contributed by atoms with van der Waals surface area (Å²) < 4.78 is 1.78. The second kappa shape index (κ2) is 6.62. The summed E-state index contributed by atoms with van der Waals surface area (Å²) in [5, 5.41) is 10.5. The first-order chi connectivity index (χ1) is 10.3. The molecule has 0 aliphatic rings. The number of rotatable bonds is 5. The molecule has 0 aliphatic heterocycles. The number of carbonyl (C=O) groups excluding carboxylic acids is 1. The molecule has 120 valence electrons. The first kappa shape index (κ1) is 16.7. The molecule has 0 fully saturated rings. The van der Waals surface area contributed by atoms with Gasteiger partial charge in [-0.3, -0.25) is 9.48 Å². The van der Waals surface area contributed by atoms with Gasteiger partial charge in [0.05, 0.1) is 23.6 Å². The van der Waals surface area contributed by atoms with Gasteiger partial charge in [0.1, 0.15) is 0 Å². The van der Waals surface area contributed by atoms with E-state index in [2.05, 4.69) is 42.6 Å². The number of thiophene rings is 1. The number of hydrogen-bond donors (Lipinski definition) is 2. The molecule has 0 radical (unpaired) electrons. The Morgan fingerprint density at radius 2 is 2.05 bits per heavy atom. The van der Waals surface area contributed by atoms with E-state index in [9.17, 15) is 4.79 Å². The van der Waals surface area contributed by atoms with Crippen LogP contribution in [0.3, 0.4) is 0 Å². The standard InChI is InChI=1S/C16H24N4OS/c1-9-7-14(13(5)22-9)10(2)17-8-15(21)18-16-11(3)19-20(6)12(16)4/h7,10,17H,8H2,1-6H3,(H,18,21)/t10-/m0/s1. The molecular formula is C16H24N4OS. The molecule has 0 spiro atoms. The van der Waals surface area contributed by atoms with E-state index in [1.165, 1.54) is 15.3 Å². The molecule has 0 bridgehead atoms. The Morgan fingerprint density at radius 1 is 1.36 bits per heavy atom. The fraction of sp³-hybridized carbons (Fsp3) is 0.500. The van der Waals surface area contributed by atoms with Crippen LogP contribution in [0.1, 0.15) is 39.7 Å². The molecule has 2 heterocycles. The summed E-state index contributed by atoms with van der Waals surface area (Å²) in [5.74, 6) is -0.0457. The normalized spacial score (nSPS) is 12.5. The van der Waals surface area contributed by atoms with E-state index in [1.807, 2.05) is 20.9 Å². The van der Waals surface area contributed by atoms with Gasteiger partial charge >= 0.3 is 0 Å². The average Bonchev–Trinajstić information content (AvgIpc) is 2.90. The fourth-order valence-corrected chi connectivity index (χ4v) is 3.60. The van der Waals surface area contributed by atoms with E-state index in [1.54, 1.807) is 16.0 Å². The third-order valence-electron chi connectivity index (χ3n) is 3.89. The number of amides is 1. The lowest BCUT2D eigenvalue weighted by molar-refractivity contribution is -0.115. The lowest BCUT2D eigenvalue weighted by Gasteiger charge is -2.14. The van der Waals surface area contributed by atoms with Crippen molar-refractivity contribution in [2.75, 3.05) is 11.9 Å². The van der Waals surface area contributed by atoms with Gasteiger partial charge in [-0.05, 0) is 46.2 Å². The second-order valence-corrected chi connectivity index (χ2v) is 7.15. The van der Waals surface area contributed by atoms with Crippen LogP contribution in [0.4, 0.5) is 5.69 Å². The van der Waals surface area contributed by atoms with E-state index in [4.69, 9.17) is 0 Å². The zero-order valence-electron chi connectivity index (χ0n) is 14.1. The first-order valence-electron chi connectivity index (χ1n) is 7.40. The van der Waals surface area contributed by atoms with E-state index in [0.717, 1.165) is 17.1 Å². The topological polar surface area (TPSA) is 59.0 Å². The molecule has 2 N–H and O–H groups in total. The zero-order valence-corrected chi connectivity index (χ0v) is 14.9. The Labute approximate surface area is 135 Å². The summed E-state index contributed by atoms with van der Waals surface area (Å²) in [5.41, 5.74) is 3.88. The van der Waals surface area contributed by atoms with Gasteiger partial charge in [0.2, 0.25) is 5.91 Å². The van der Waals surface area contributed by atoms with Crippen LogP contribution in [0.15, 0.2) is 6.07 Å². The second-order valence-electron chi connectivity index (χ2n) is 5.69. The van der Waals surface area contributed by atoms with Gasteiger partial charge in [-0.2, -0.15) is 5.10 Å². The van der Waals surface area contributed by atoms with Crippen LogP contribution < -0.4 is 10.6 Å². The molecule has 0 saturated carbocycles. The molecule has 2 aromatic heterocycles. The molecular weight excluding hydrogens is 296 g/mol. The highest BCUT2D eigenvalue weighted by Gasteiger charge is 2.15. The Bertz CT molecular complexity index is 687. The van der Waals surface area contributed by atoms with Crippen LogP contribution in [0.2, 0.25) is 0 Å². The molecule has 0 aromatic carbocycles. The van der Waals surface area contributed by atoms with Gasteiger partial charge in [-0.15, -0.1) is 11.3 Å².